The maximum atomic E-state index is 12.6. The van der Waals surface area contributed by atoms with Crippen molar-refractivity contribution in [3.63, 3.8) is 0 Å². The van der Waals surface area contributed by atoms with Gasteiger partial charge in [0.05, 0.1) is 0 Å². The van der Waals surface area contributed by atoms with Crippen LogP contribution >= 0.6 is 0 Å². The van der Waals surface area contributed by atoms with Crippen LogP contribution in [0.5, 0.6) is 0 Å². The predicted molar refractivity (Wildman–Crippen MR) is 58.1 cm³/mol. The summed E-state index contributed by atoms with van der Waals surface area (Å²) >= 11 is 0. The Morgan fingerprint density at radius 3 is 2.56 bits per heavy atom. The van der Waals surface area contributed by atoms with Gasteiger partial charge in [-0.25, -0.2) is 8.78 Å². The molecule has 1 atom stereocenters. The molecule has 88 valence electrons. The summed E-state index contributed by atoms with van der Waals surface area (Å²) in [6.45, 7) is 1.49. The Bertz CT molecular complexity index is 396. The van der Waals surface area contributed by atoms with Crippen LogP contribution in [0.2, 0.25) is 0 Å². The topological polar surface area (TPSA) is 81.1 Å². The van der Waals surface area contributed by atoms with Crippen LogP contribution in [0.1, 0.15) is 18.9 Å². The number of nitrogen functional groups attached to an aromatic ring is 1. The van der Waals surface area contributed by atoms with E-state index in [1.54, 1.807) is 0 Å². The molecule has 0 spiro atoms. The van der Waals surface area contributed by atoms with E-state index in [2.05, 4.69) is 5.32 Å². The van der Waals surface area contributed by atoms with E-state index < -0.39 is 18.4 Å². The summed E-state index contributed by atoms with van der Waals surface area (Å²) in [5.41, 5.74) is 10.6. The summed E-state index contributed by atoms with van der Waals surface area (Å²) in [6.07, 6.45) is -2.66. The summed E-state index contributed by atoms with van der Waals surface area (Å²) in [6, 6.07) is 3.32. The Morgan fingerprint density at radius 1 is 1.44 bits per heavy atom. The van der Waals surface area contributed by atoms with Gasteiger partial charge in [-0.3, -0.25) is 4.79 Å². The molecule has 0 radical (unpaired) electrons. The fourth-order valence-corrected chi connectivity index (χ4v) is 1.20. The smallest absolute Gasteiger partial charge is 0.265 e. The third-order valence-electron chi connectivity index (χ3n) is 2.11. The number of rotatable bonds is 4. The zero-order valence-corrected chi connectivity index (χ0v) is 8.71. The minimum absolute atomic E-state index is 0.163. The van der Waals surface area contributed by atoms with Crippen molar-refractivity contribution in [3.8, 4) is 0 Å². The SMILES string of the molecule is CC(Nc1ccc(N)cc1C(F)F)C(N)=O. The molecule has 0 heterocycles. The Hall–Kier alpha value is -1.85. The number of alkyl halides is 2. The molecule has 1 aromatic carbocycles. The number of benzene rings is 1. The fraction of sp³-hybridized carbons (Fsp3) is 0.300. The maximum Gasteiger partial charge on any atom is 0.265 e. The first-order valence-corrected chi connectivity index (χ1v) is 4.65. The maximum absolute atomic E-state index is 12.6. The van der Waals surface area contributed by atoms with Gasteiger partial charge in [0.15, 0.2) is 0 Å². The van der Waals surface area contributed by atoms with Gasteiger partial charge in [0.1, 0.15) is 6.04 Å². The molecule has 0 saturated carbocycles. The van der Waals surface area contributed by atoms with Crippen molar-refractivity contribution in [1.82, 2.24) is 0 Å². The van der Waals surface area contributed by atoms with E-state index in [9.17, 15) is 13.6 Å². The molecule has 0 aliphatic heterocycles. The van der Waals surface area contributed by atoms with E-state index in [-0.39, 0.29) is 16.9 Å². The van der Waals surface area contributed by atoms with E-state index in [0.717, 1.165) is 0 Å². The molecule has 16 heavy (non-hydrogen) atoms. The van der Waals surface area contributed by atoms with E-state index in [1.165, 1.54) is 25.1 Å². The normalized spacial score (nSPS) is 12.5. The summed E-state index contributed by atoms with van der Waals surface area (Å²) in [4.78, 5) is 10.8. The van der Waals surface area contributed by atoms with Gasteiger partial charge in [0.2, 0.25) is 5.91 Å². The van der Waals surface area contributed by atoms with Crippen molar-refractivity contribution in [2.24, 2.45) is 5.73 Å². The molecule has 5 N–H and O–H groups in total. The summed E-state index contributed by atoms with van der Waals surface area (Å²) < 4.78 is 25.3. The van der Waals surface area contributed by atoms with Crippen LogP contribution in [0.3, 0.4) is 0 Å². The number of amides is 1. The zero-order chi connectivity index (χ0) is 12.3. The second-order valence-electron chi connectivity index (χ2n) is 3.42. The van der Waals surface area contributed by atoms with Gasteiger partial charge in [0, 0.05) is 16.9 Å². The van der Waals surface area contributed by atoms with E-state index in [0.29, 0.717) is 0 Å². The quantitative estimate of drug-likeness (QED) is 0.684. The van der Waals surface area contributed by atoms with Crippen molar-refractivity contribution in [3.05, 3.63) is 23.8 Å². The Morgan fingerprint density at radius 2 is 2.06 bits per heavy atom. The van der Waals surface area contributed by atoms with Crippen LogP contribution in [0.4, 0.5) is 20.2 Å². The number of carbonyl (C=O) groups excluding carboxylic acids is 1. The zero-order valence-electron chi connectivity index (χ0n) is 8.71. The van der Waals surface area contributed by atoms with Crippen molar-refractivity contribution >= 4 is 17.3 Å². The van der Waals surface area contributed by atoms with Gasteiger partial charge in [-0.15, -0.1) is 0 Å². The number of carbonyl (C=O) groups is 1. The van der Waals surface area contributed by atoms with Crippen molar-refractivity contribution < 1.29 is 13.6 Å². The summed E-state index contributed by atoms with van der Waals surface area (Å²) in [7, 11) is 0. The van der Waals surface area contributed by atoms with Crippen LogP contribution in [0, 0.1) is 0 Å². The second-order valence-corrected chi connectivity index (χ2v) is 3.42. The average Bonchev–Trinajstić information content (AvgIpc) is 2.20. The Kier molecular flexibility index (Phi) is 3.65. The average molecular weight is 229 g/mol. The van der Waals surface area contributed by atoms with Gasteiger partial charge >= 0.3 is 0 Å². The molecular formula is C10H13F2N3O. The molecule has 0 aromatic heterocycles. The fourth-order valence-electron chi connectivity index (χ4n) is 1.20. The van der Waals surface area contributed by atoms with Gasteiger partial charge < -0.3 is 16.8 Å². The Balaban J connectivity index is 2.99. The van der Waals surface area contributed by atoms with Crippen molar-refractivity contribution in [2.45, 2.75) is 19.4 Å². The number of primary amides is 1. The summed E-state index contributed by atoms with van der Waals surface area (Å²) in [5, 5.41) is 2.61. The predicted octanol–water partition coefficient (Wildman–Crippen LogP) is 1.49. The molecule has 0 bridgehead atoms. The third kappa shape index (κ3) is 2.82. The lowest BCUT2D eigenvalue weighted by Gasteiger charge is -2.15. The number of nitrogens with one attached hydrogen (secondary N) is 1. The molecular weight excluding hydrogens is 216 g/mol. The minimum atomic E-state index is -2.66. The van der Waals surface area contributed by atoms with Gasteiger partial charge in [0.25, 0.3) is 6.43 Å². The summed E-state index contributed by atoms with van der Waals surface area (Å²) in [5.74, 6) is -0.614. The molecule has 4 nitrogen and oxygen atoms in total. The lowest BCUT2D eigenvalue weighted by molar-refractivity contribution is -0.118. The first-order valence-electron chi connectivity index (χ1n) is 4.65. The van der Waals surface area contributed by atoms with Crippen molar-refractivity contribution in [2.75, 3.05) is 11.1 Å². The molecule has 0 saturated heterocycles. The second kappa shape index (κ2) is 4.78. The lowest BCUT2D eigenvalue weighted by Crippen LogP contribution is -2.32. The number of anilines is 2. The van der Waals surface area contributed by atoms with Crippen LogP contribution in [-0.4, -0.2) is 11.9 Å². The van der Waals surface area contributed by atoms with Crippen LogP contribution in [-0.2, 0) is 4.79 Å². The Labute approximate surface area is 91.6 Å². The van der Waals surface area contributed by atoms with Crippen LogP contribution < -0.4 is 16.8 Å². The molecule has 0 fully saturated rings. The molecule has 1 aromatic rings. The van der Waals surface area contributed by atoms with E-state index in [1.807, 2.05) is 0 Å². The van der Waals surface area contributed by atoms with Crippen LogP contribution in [0.15, 0.2) is 18.2 Å². The highest BCUT2D eigenvalue weighted by atomic mass is 19.3. The third-order valence-corrected chi connectivity index (χ3v) is 2.11. The van der Waals surface area contributed by atoms with Gasteiger partial charge in [-0.05, 0) is 25.1 Å². The highest BCUT2D eigenvalue weighted by Crippen LogP contribution is 2.29. The number of hydrogen-bond acceptors (Lipinski definition) is 3. The monoisotopic (exact) mass is 229 g/mol. The molecule has 0 aliphatic carbocycles. The number of hydrogen-bond donors (Lipinski definition) is 3. The highest BCUT2D eigenvalue weighted by molar-refractivity contribution is 5.82. The highest BCUT2D eigenvalue weighted by Gasteiger charge is 2.16. The first-order chi connectivity index (χ1) is 7.41. The number of halogens is 2. The molecule has 1 amide bonds. The molecule has 0 aliphatic rings. The number of nitrogens with two attached hydrogens (primary N) is 2. The van der Waals surface area contributed by atoms with Crippen molar-refractivity contribution in [1.29, 1.82) is 0 Å². The minimum Gasteiger partial charge on any atom is -0.399 e. The van der Waals surface area contributed by atoms with E-state index >= 15 is 0 Å². The molecule has 1 unspecified atom stereocenters. The first kappa shape index (κ1) is 12.2. The van der Waals surface area contributed by atoms with Crippen LogP contribution in [0.25, 0.3) is 0 Å². The lowest BCUT2D eigenvalue weighted by atomic mass is 10.1. The van der Waals surface area contributed by atoms with E-state index in [4.69, 9.17) is 11.5 Å². The molecule has 1 rings (SSSR count). The van der Waals surface area contributed by atoms with Gasteiger partial charge in [-0.2, -0.15) is 0 Å². The standard InChI is InChI=1S/C10H13F2N3O/c1-5(10(14)16)15-8-3-2-6(13)4-7(8)9(11)12/h2-5,9,15H,13H2,1H3,(H2,14,16). The largest absolute Gasteiger partial charge is 0.399 e. The van der Waals surface area contributed by atoms with Gasteiger partial charge in [-0.1, -0.05) is 0 Å². The molecule has 6 heteroatoms.